The van der Waals surface area contributed by atoms with Crippen LogP contribution >= 0.6 is 0 Å². The molecule has 0 radical (unpaired) electrons. The number of aryl methyl sites for hydroxylation is 2. The molecule has 3 rings (SSSR count). The highest BCUT2D eigenvalue weighted by Crippen LogP contribution is 2.31. The quantitative estimate of drug-likeness (QED) is 0.681. The molecule has 25 heavy (non-hydrogen) atoms. The molecule has 0 aliphatic carbocycles. The molecule has 1 amide bonds. The van der Waals surface area contributed by atoms with Crippen molar-refractivity contribution >= 4 is 22.5 Å². The number of amides is 1. The normalized spacial score (nSPS) is 11.7. The number of halogens is 3. The van der Waals surface area contributed by atoms with E-state index in [0.717, 1.165) is 17.2 Å². The van der Waals surface area contributed by atoms with E-state index in [-0.39, 0.29) is 5.91 Å². The van der Waals surface area contributed by atoms with E-state index in [9.17, 15) is 18.0 Å². The van der Waals surface area contributed by atoms with E-state index in [1.54, 1.807) is 6.07 Å². The Hall–Kier alpha value is -2.76. The third-order valence-corrected chi connectivity index (χ3v) is 4.09. The molecule has 0 aliphatic heterocycles. The SMILES string of the molecule is Cc1ccccc1CCC(=O)Nc1ccc2[nH]c(C(F)(F)F)cc2c1. The Kier molecular flexibility index (Phi) is 4.53. The lowest BCUT2D eigenvalue weighted by Crippen LogP contribution is -2.12. The first kappa shape index (κ1) is 17.1. The molecule has 0 atom stereocenters. The number of hydrogen-bond donors (Lipinski definition) is 2. The summed E-state index contributed by atoms with van der Waals surface area (Å²) in [5.74, 6) is -0.172. The third kappa shape index (κ3) is 4.02. The van der Waals surface area contributed by atoms with Crippen LogP contribution in [0.5, 0.6) is 0 Å². The highest BCUT2D eigenvalue weighted by Gasteiger charge is 2.32. The fourth-order valence-electron chi connectivity index (χ4n) is 2.73. The summed E-state index contributed by atoms with van der Waals surface area (Å²) in [6.45, 7) is 1.99. The molecule has 1 aromatic heterocycles. The molecule has 130 valence electrons. The Morgan fingerprint density at radius 3 is 2.60 bits per heavy atom. The van der Waals surface area contributed by atoms with Crippen LogP contribution in [0.1, 0.15) is 23.2 Å². The number of nitrogens with one attached hydrogen (secondary N) is 2. The van der Waals surface area contributed by atoms with Gasteiger partial charge in [-0.1, -0.05) is 24.3 Å². The summed E-state index contributed by atoms with van der Waals surface area (Å²) in [6, 6.07) is 13.5. The van der Waals surface area contributed by atoms with Crippen molar-refractivity contribution in [2.75, 3.05) is 5.32 Å². The van der Waals surface area contributed by atoms with E-state index in [1.165, 1.54) is 12.1 Å². The molecule has 1 heterocycles. The van der Waals surface area contributed by atoms with Crippen molar-refractivity contribution in [3.63, 3.8) is 0 Å². The van der Waals surface area contributed by atoms with Crippen LogP contribution < -0.4 is 5.32 Å². The summed E-state index contributed by atoms with van der Waals surface area (Å²) < 4.78 is 38.2. The summed E-state index contributed by atoms with van der Waals surface area (Å²) in [7, 11) is 0. The number of anilines is 1. The standard InChI is InChI=1S/C19H17F3N2O/c1-12-4-2-3-5-13(12)6-9-18(25)23-15-7-8-16-14(10-15)11-17(24-16)19(20,21)22/h2-5,7-8,10-11,24H,6,9H2,1H3,(H,23,25). The molecule has 0 bridgehead atoms. The van der Waals surface area contributed by atoms with Gasteiger partial charge < -0.3 is 10.3 Å². The number of alkyl halides is 3. The van der Waals surface area contributed by atoms with E-state index in [2.05, 4.69) is 10.3 Å². The maximum Gasteiger partial charge on any atom is 0.431 e. The molecule has 3 nitrogen and oxygen atoms in total. The van der Waals surface area contributed by atoms with Crippen molar-refractivity contribution in [3.8, 4) is 0 Å². The van der Waals surface area contributed by atoms with Gasteiger partial charge >= 0.3 is 6.18 Å². The number of benzene rings is 2. The Bertz CT molecular complexity index is 912. The molecule has 0 aliphatic rings. The Morgan fingerprint density at radius 1 is 1.12 bits per heavy atom. The first-order chi connectivity index (χ1) is 11.8. The zero-order valence-corrected chi connectivity index (χ0v) is 13.6. The molecule has 0 unspecified atom stereocenters. The lowest BCUT2D eigenvalue weighted by molar-refractivity contribution is -0.140. The lowest BCUT2D eigenvalue weighted by atomic mass is 10.0. The molecule has 2 N–H and O–H groups in total. The minimum Gasteiger partial charge on any atom is -0.351 e. The summed E-state index contributed by atoms with van der Waals surface area (Å²) in [4.78, 5) is 14.4. The molecular weight excluding hydrogens is 329 g/mol. The summed E-state index contributed by atoms with van der Waals surface area (Å²) in [5.41, 5.74) is 2.29. The first-order valence-corrected chi connectivity index (χ1v) is 7.87. The van der Waals surface area contributed by atoms with Gasteiger partial charge in [0, 0.05) is 23.0 Å². The second kappa shape index (κ2) is 6.63. The lowest BCUT2D eigenvalue weighted by Gasteiger charge is -2.07. The highest BCUT2D eigenvalue weighted by atomic mass is 19.4. The van der Waals surface area contributed by atoms with Crippen molar-refractivity contribution in [1.82, 2.24) is 4.98 Å². The number of hydrogen-bond acceptors (Lipinski definition) is 1. The number of rotatable bonds is 4. The highest BCUT2D eigenvalue weighted by molar-refractivity contribution is 5.94. The van der Waals surface area contributed by atoms with Crippen LogP contribution in [0, 0.1) is 6.92 Å². The zero-order chi connectivity index (χ0) is 18.0. The molecule has 3 aromatic rings. The summed E-state index contributed by atoms with van der Waals surface area (Å²) >= 11 is 0. The minimum atomic E-state index is -4.42. The van der Waals surface area contributed by atoms with Crippen molar-refractivity contribution in [2.24, 2.45) is 0 Å². The molecular formula is C19H17F3N2O. The van der Waals surface area contributed by atoms with Crippen LogP contribution in [-0.2, 0) is 17.4 Å². The topological polar surface area (TPSA) is 44.9 Å². The fraction of sp³-hybridized carbons (Fsp3) is 0.211. The minimum absolute atomic E-state index is 0.172. The largest absolute Gasteiger partial charge is 0.431 e. The Balaban J connectivity index is 1.68. The predicted molar refractivity (Wildman–Crippen MR) is 91.4 cm³/mol. The fourth-order valence-corrected chi connectivity index (χ4v) is 2.73. The van der Waals surface area contributed by atoms with Crippen LogP contribution in [0.2, 0.25) is 0 Å². The number of carbonyl (C=O) groups is 1. The van der Waals surface area contributed by atoms with E-state index in [0.29, 0.717) is 29.4 Å². The Morgan fingerprint density at radius 2 is 1.88 bits per heavy atom. The van der Waals surface area contributed by atoms with Crippen molar-refractivity contribution in [3.05, 3.63) is 65.4 Å². The smallest absolute Gasteiger partial charge is 0.351 e. The van der Waals surface area contributed by atoms with Gasteiger partial charge in [-0.3, -0.25) is 4.79 Å². The molecule has 2 aromatic carbocycles. The van der Waals surface area contributed by atoms with Crippen LogP contribution in [0.3, 0.4) is 0 Å². The number of H-pyrrole nitrogens is 1. The van der Waals surface area contributed by atoms with E-state index in [1.807, 2.05) is 31.2 Å². The van der Waals surface area contributed by atoms with Gasteiger partial charge in [-0.2, -0.15) is 13.2 Å². The van der Waals surface area contributed by atoms with Crippen molar-refractivity contribution < 1.29 is 18.0 Å². The van der Waals surface area contributed by atoms with Gasteiger partial charge in [0.2, 0.25) is 5.91 Å². The van der Waals surface area contributed by atoms with Crippen molar-refractivity contribution in [2.45, 2.75) is 25.9 Å². The van der Waals surface area contributed by atoms with Crippen LogP contribution in [0.15, 0.2) is 48.5 Å². The van der Waals surface area contributed by atoms with Crippen molar-refractivity contribution in [1.29, 1.82) is 0 Å². The van der Waals surface area contributed by atoms with E-state index < -0.39 is 11.9 Å². The molecule has 6 heteroatoms. The number of fused-ring (bicyclic) bond motifs is 1. The monoisotopic (exact) mass is 346 g/mol. The van der Waals surface area contributed by atoms with Gasteiger partial charge in [-0.15, -0.1) is 0 Å². The van der Waals surface area contributed by atoms with Gasteiger partial charge in [0.25, 0.3) is 0 Å². The Labute approximate surface area is 142 Å². The van der Waals surface area contributed by atoms with Gasteiger partial charge in [-0.05, 0) is 48.7 Å². The average Bonchev–Trinajstić information content (AvgIpc) is 2.98. The number of aromatic amines is 1. The summed E-state index contributed by atoms with van der Waals surface area (Å²) in [5, 5.41) is 3.14. The van der Waals surface area contributed by atoms with E-state index >= 15 is 0 Å². The molecule has 0 spiro atoms. The summed E-state index contributed by atoms with van der Waals surface area (Å²) in [6.07, 6.45) is -3.50. The average molecular weight is 346 g/mol. The van der Waals surface area contributed by atoms with Gasteiger partial charge in [0.15, 0.2) is 0 Å². The van der Waals surface area contributed by atoms with Gasteiger partial charge in [0.05, 0.1) is 0 Å². The second-order valence-corrected chi connectivity index (χ2v) is 5.96. The zero-order valence-electron chi connectivity index (χ0n) is 13.6. The molecule has 0 saturated carbocycles. The van der Waals surface area contributed by atoms with Crippen LogP contribution in [-0.4, -0.2) is 10.9 Å². The number of aromatic nitrogens is 1. The van der Waals surface area contributed by atoms with Gasteiger partial charge in [0.1, 0.15) is 5.69 Å². The third-order valence-electron chi connectivity index (χ3n) is 4.09. The van der Waals surface area contributed by atoms with Crippen LogP contribution in [0.4, 0.5) is 18.9 Å². The van der Waals surface area contributed by atoms with E-state index in [4.69, 9.17) is 0 Å². The maximum atomic E-state index is 12.7. The molecule has 0 fully saturated rings. The first-order valence-electron chi connectivity index (χ1n) is 7.87. The molecule has 0 saturated heterocycles. The van der Waals surface area contributed by atoms with Gasteiger partial charge in [-0.25, -0.2) is 0 Å². The van der Waals surface area contributed by atoms with Crippen LogP contribution in [0.25, 0.3) is 10.9 Å². The predicted octanol–water partition coefficient (Wildman–Crippen LogP) is 5.07. The number of carbonyl (C=O) groups excluding carboxylic acids is 1. The maximum absolute atomic E-state index is 12.7. The second-order valence-electron chi connectivity index (χ2n) is 5.96.